The van der Waals surface area contributed by atoms with Crippen molar-refractivity contribution in [2.75, 3.05) is 7.05 Å². The van der Waals surface area contributed by atoms with Crippen LogP contribution in [0.3, 0.4) is 0 Å². The van der Waals surface area contributed by atoms with Crippen LogP contribution in [0.15, 0.2) is 12.1 Å². The van der Waals surface area contributed by atoms with Gasteiger partial charge in [0.05, 0.1) is 5.02 Å². The zero-order valence-corrected chi connectivity index (χ0v) is 10.5. The maximum atomic E-state index is 13.7. The summed E-state index contributed by atoms with van der Waals surface area (Å²) in [6.07, 6.45) is 4.48. The smallest absolute Gasteiger partial charge is 0.142 e. The van der Waals surface area contributed by atoms with Crippen molar-refractivity contribution in [1.82, 2.24) is 5.32 Å². The first-order chi connectivity index (χ1) is 8.11. The van der Waals surface area contributed by atoms with Crippen LogP contribution in [0.25, 0.3) is 0 Å². The van der Waals surface area contributed by atoms with E-state index in [1.54, 1.807) is 7.05 Å². The number of rotatable bonds is 4. The third kappa shape index (κ3) is 2.78. The largest absolute Gasteiger partial charge is 0.313 e. The van der Waals surface area contributed by atoms with Crippen molar-refractivity contribution in [3.63, 3.8) is 0 Å². The Bertz CT molecular complexity index is 405. The Morgan fingerprint density at radius 3 is 2.59 bits per heavy atom. The van der Waals surface area contributed by atoms with E-state index in [2.05, 4.69) is 5.32 Å². The molecule has 1 aliphatic carbocycles. The highest BCUT2D eigenvalue weighted by molar-refractivity contribution is 6.30. The van der Waals surface area contributed by atoms with Gasteiger partial charge in [0.2, 0.25) is 0 Å². The summed E-state index contributed by atoms with van der Waals surface area (Å²) in [4.78, 5) is 0. The maximum Gasteiger partial charge on any atom is 0.142 e. The van der Waals surface area contributed by atoms with Gasteiger partial charge in [-0.15, -0.1) is 0 Å². The maximum absolute atomic E-state index is 13.7. The molecule has 1 aliphatic rings. The Morgan fingerprint density at radius 2 is 2.06 bits per heavy atom. The molecule has 0 heterocycles. The van der Waals surface area contributed by atoms with Gasteiger partial charge in [0.15, 0.2) is 0 Å². The van der Waals surface area contributed by atoms with E-state index in [1.165, 1.54) is 25.3 Å². The first-order valence-electron chi connectivity index (χ1n) is 5.93. The molecule has 1 aromatic carbocycles. The molecule has 1 aromatic rings. The van der Waals surface area contributed by atoms with Crippen LogP contribution in [0.2, 0.25) is 5.02 Å². The van der Waals surface area contributed by atoms with Gasteiger partial charge in [0.1, 0.15) is 11.6 Å². The van der Waals surface area contributed by atoms with Crippen LogP contribution in [-0.4, -0.2) is 7.05 Å². The van der Waals surface area contributed by atoms with Crippen LogP contribution in [-0.2, 0) is 0 Å². The Kier molecular flexibility index (Phi) is 4.00. The Labute approximate surface area is 105 Å². The van der Waals surface area contributed by atoms with Gasteiger partial charge >= 0.3 is 0 Å². The molecule has 1 atom stereocenters. The first kappa shape index (κ1) is 12.8. The van der Waals surface area contributed by atoms with Crippen molar-refractivity contribution in [2.24, 2.45) is 5.92 Å². The van der Waals surface area contributed by atoms with Crippen LogP contribution in [0.5, 0.6) is 0 Å². The number of hydrogen-bond donors (Lipinski definition) is 1. The third-order valence-corrected chi connectivity index (χ3v) is 3.85. The molecule has 1 N–H and O–H groups in total. The summed E-state index contributed by atoms with van der Waals surface area (Å²) < 4.78 is 27.1. The molecule has 4 heteroatoms. The van der Waals surface area contributed by atoms with E-state index in [0.717, 1.165) is 12.5 Å². The number of hydrogen-bond acceptors (Lipinski definition) is 1. The van der Waals surface area contributed by atoms with Crippen molar-refractivity contribution < 1.29 is 8.78 Å². The van der Waals surface area contributed by atoms with Gasteiger partial charge in [-0.3, -0.25) is 0 Å². The molecule has 1 saturated carbocycles. The Hall–Kier alpha value is -0.670. The first-order valence-corrected chi connectivity index (χ1v) is 6.31. The summed E-state index contributed by atoms with van der Waals surface area (Å²) in [6, 6.07) is 2.13. The zero-order valence-electron chi connectivity index (χ0n) is 9.77. The fraction of sp³-hybridized carbons (Fsp3) is 0.538. The van der Waals surface area contributed by atoms with Crippen LogP contribution < -0.4 is 5.32 Å². The standard InChI is InChI=1S/C13H16ClF2N/c1-17-13(5-8-3-2-4-8)9-6-12(16)10(14)7-11(9)15/h6-8,13,17H,2-5H2,1H3. The van der Waals surface area contributed by atoms with Gasteiger partial charge < -0.3 is 5.32 Å². The van der Waals surface area contributed by atoms with Gasteiger partial charge in [0.25, 0.3) is 0 Å². The van der Waals surface area contributed by atoms with Gasteiger partial charge in [-0.05, 0) is 31.5 Å². The summed E-state index contributed by atoms with van der Waals surface area (Å²) >= 11 is 5.54. The lowest BCUT2D eigenvalue weighted by Crippen LogP contribution is -2.24. The van der Waals surface area contributed by atoms with E-state index >= 15 is 0 Å². The lowest BCUT2D eigenvalue weighted by molar-refractivity contribution is 0.263. The lowest BCUT2D eigenvalue weighted by Gasteiger charge is -2.30. The van der Waals surface area contributed by atoms with E-state index in [-0.39, 0.29) is 11.1 Å². The molecule has 94 valence electrons. The van der Waals surface area contributed by atoms with E-state index in [1.807, 2.05) is 0 Å². The summed E-state index contributed by atoms with van der Waals surface area (Å²) in [7, 11) is 1.77. The lowest BCUT2D eigenvalue weighted by atomic mass is 9.79. The average molecular weight is 260 g/mol. The van der Waals surface area contributed by atoms with Gasteiger partial charge in [0, 0.05) is 11.6 Å². The van der Waals surface area contributed by atoms with Crippen molar-refractivity contribution in [2.45, 2.75) is 31.7 Å². The normalized spacial score (nSPS) is 17.9. The van der Waals surface area contributed by atoms with Crippen LogP contribution >= 0.6 is 11.6 Å². The minimum absolute atomic E-state index is 0.132. The quantitative estimate of drug-likeness (QED) is 0.804. The highest BCUT2D eigenvalue weighted by Gasteiger charge is 2.24. The third-order valence-electron chi connectivity index (χ3n) is 3.56. The highest BCUT2D eigenvalue weighted by Crippen LogP contribution is 2.36. The van der Waals surface area contributed by atoms with Crippen LogP contribution in [0, 0.1) is 17.6 Å². The van der Waals surface area contributed by atoms with Gasteiger partial charge in [-0.2, -0.15) is 0 Å². The van der Waals surface area contributed by atoms with Gasteiger partial charge in [-0.1, -0.05) is 30.9 Å². The molecule has 2 rings (SSSR count). The second-order valence-electron chi connectivity index (χ2n) is 4.66. The molecule has 0 aliphatic heterocycles. The van der Waals surface area contributed by atoms with Crippen LogP contribution in [0.4, 0.5) is 8.78 Å². The van der Waals surface area contributed by atoms with Crippen molar-refractivity contribution >= 4 is 11.6 Å². The minimum Gasteiger partial charge on any atom is -0.313 e. The topological polar surface area (TPSA) is 12.0 Å². The minimum atomic E-state index is -0.558. The molecule has 0 amide bonds. The molecular weight excluding hydrogens is 244 g/mol. The van der Waals surface area contributed by atoms with Crippen molar-refractivity contribution in [3.8, 4) is 0 Å². The number of nitrogens with one attached hydrogen (secondary N) is 1. The highest BCUT2D eigenvalue weighted by atomic mass is 35.5. The predicted octanol–water partition coefficient (Wildman–Crippen LogP) is 4.07. The molecule has 17 heavy (non-hydrogen) atoms. The zero-order chi connectivity index (χ0) is 12.4. The second-order valence-corrected chi connectivity index (χ2v) is 5.07. The van der Waals surface area contributed by atoms with E-state index < -0.39 is 11.6 Å². The summed E-state index contributed by atoms with van der Waals surface area (Å²) in [5, 5.41) is 2.89. The summed E-state index contributed by atoms with van der Waals surface area (Å²) in [6.45, 7) is 0. The molecule has 0 spiro atoms. The van der Waals surface area contributed by atoms with E-state index in [9.17, 15) is 8.78 Å². The van der Waals surface area contributed by atoms with E-state index in [4.69, 9.17) is 11.6 Å². The van der Waals surface area contributed by atoms with Crippen LogP contribution in [0.1, 0.15) is 37.3 Å². The monoisotopic (exact) mass is 259 g/mol. The number of halogens is 3. The average Bonchev–Trinajstić information content (AvgIpc) is 2.23. The van der Waals surface area contributed by atoms with Crippen molar-refractivity contribution in [1.29, 1.82) is 0 Å². The summed E-state index contributed by atoms with van der Waals surface area (Å²) in [5.41, 5.74) is 0.376. The van der Waals surface area contributed by atoms with Crippen molar-refractivity contribution in [3.05, 3.63) is 34.4 Å². The molecule has 1 fully saturated rings. The molecule has 0 bridgehead atoms. The Morgan fingerprint density at radius 1 is 1.35 bits per heavy atom. The molecule has 1 nitrogen and oxygen atoms in total. The van der Waals surface area contributed by atoms with Gasteiger partial charge in [-0.25, -0.2) is 8.78 Å². The Balaban J connectivity index is 2.19. The fourth-order valence-corrected chi connectivity index (χ4v) is 2.42. The molecule has 0 aromatic heterocycles. The molecule has 0 radical (unpaired) electrons. The number of benzene rings is 1. The molecular formula is C13H16ClF2N. The predicted molar refractivity (Wildman–Crippen MR) is 65.1 cm³/mol. The fourth-order valence-electron chi connectivity index (χ4n) is 2.27. The second kappa shape index (κ2) is 5.32. The van der Waals surface area contributed by atoms with E-state index in [0.29, 0.717) is 11.5 Å². The molecule has 0 saturated heterocycles. The summed E-state index contributed by atoms with van der Waals surface area (Å²) in [5.74, 6) is -0.363. The molecule has 1 unspecified atom stereocenters. The SMILES string of the molecule is CNC(CC1CCC1)c1cc(F)c(Cl)cc1F.